The minimum atomic E-state index is 0.605. The molecule has 0 spiro atoms. The summed E-state index contributed by atoms with van der Waals surface area (Å²) in [5.74, 6) is 1.88. The van der Waals surface area contributed by atoms with Gasteiger partial charge in [0.15, 0.2) is 0 Å². The Bertz CT molecular complexity index is 418. The zero-order valence-electron chi connectivity index (χ0n) is 12.9. The van der Waals surface area contributed by atoms with E-state index in [2.05, 4.69) is 36.5 Å². The molecule has 110 valence electrons. The molecule has 0 radical (unpaired) electrons. The van der Waals surface area contributed by atoms with E-state index in [1.807, 2.05) is 0 Å². The molecule has 0 saturated heterocycles. The van der Waals surface area contributed by atoms with E-state index in [4.69, 9.17) is 0 Å². The Morgan fingerprint density at radius 3 is 2.65 bits per heavy atom. The Kier molecular flexibility index (Phi) is 4.77. The largest absolute Gasteiger partial charge is 0.310 e. The standard InChI is InChI=1S/C19H29N/c1-15-10-12-16(13-11-15)14-20-19-9-5-3-7-17-6-2-4-8-18(17)19/h2,4,6,8,15-16,19-20H,3,5,7,9-14H2,1H3. The van der Waals surface area contributed by atoms with E-state index in [-0.39, 0.29) is 0 Å². The molecule has 1 nitrogen and oxygen atoms in total. The van der Waals surface area contributed by atoms with Crippen molar-refractivity contribution < 1.29 is 0 Å². The molecular formula is C19H29N. The number of hydrogen-bond donors (Lipinski definition) is 1. The van der Waals surface area contributed by atoms with E-state index in [0.717, 1.165) is 11.8 Å². The molecule has 2 aliphatic rings. The lowest BCUT2D eigenvalue weighted by atomic mass is 9.83. The van der Waals surface area contributed by atoms with Crippen LogP contribution in [0.1, 0.15) is 69.0 Å². The molecule has 0 amide bonds. The van der Waals surface area contributed by atoms with Crippen LogP contribution in [0.4, 0.5) is 0 Å². The van der Waals surface area contributed by atoms with Crippen molar-refractivity contribution in [2.45, 2.75) is 64.3 Å². The van der Waals surface area contributed by atoms with Crippen LogP contribution in [0.5, 0.6) is 0 Å². The van der Waals surface area contributed by atoms with Gasteiger partial charge in [-0.3, -0.25) is 0 Å². The lowest BCUT2D eigenvalue weighted by Crippen LogP contribution is -2.29. The third-order valence-corrected chi connectivity index (χ3v) is 5.41. The number of rotatable bonds is 3. The van der Waals surface area contributed by atoms with Gasteiger partial charge in [-0.1, -0.05) is 50.5 Å². The molecule has 1 saturated carbocycles. The summed E-state index contributed by atoms with van der Waals surface area (Å²) >= 11 is 0. The number of hydrogen-bond acceptors (Lipinski definition) is 1. The Morgan fingerprint density at radius 2 is 1.80 bits per heavy atom. The molecule has 3 rings (SSSR count). The first-order valence-electron chi connectivity index (χ1n) is 8.64. The van der Waals surface area contributed by atoms with Crippen LogP contribution in [-0.2, 0) is 6.42 Å². The first-order chi connectivity index (χ1) is 9.83. The molecule has 20 heavy (non-hydrogen) atoms. The van der Waals surface area contributed by atoms with Gasteiger partial charge in [0.05, 0.1) is 0 Å². The summed E-state index contributed by atoms with van der Waals surface area (Å²) < 4.78 is 0. The maximum absolute atomic E-state index is 3.90. The lowest BCUT2D eigenvalue weighted by molar-refractivity contribution is 0.272. The predicted molar refractivity (Wildman–Crippen MR) is 85.9 cm³/mol. The van der Waals surface area contributed by atoms with Crippen LogP contribution < -0.4 is 5.32 Å². The Labute approximate surface area is 124 Å². The van der Waals surface area contributed by atoms with Crippen LogP contribution in [0.25, 0.3) is 0 Å². The van der Waals surface area contributed by atoms with Crippen LogP contribution in [0.2, 0.25) is 0 Å². The fourth-order valence-corrected chi connectivity index (χ4v) is 3.98. The van der Waals surface area contributed by atoms with E-state index < -0.39 is 0 Å². The number of benzene rings is 1. The summed E-state index contributed by atoms with van der Waals surface area (Å²) in [5.41, 5.74) is 3.16. The van der Waals surface area contributed by atoms with Gasteiger partial charge in [-0.05, 0) is 61.6 Å². The van der Waals surface area contributed by atoms with Gasteiger partial charge in [0.1, 0.15) is 0 Å². The highest BCUT2D eigenvalue weighted by atomic mass is 14.9. The molecule has 1 N–H and O–H groups in total. The number of fused-ring (bicyclic) bond motifs is 1. The minimum absolute atomic E-state index is 0.605. The van der Waals surface area contributed by atoms with Gasteiger partial charge in [-0.25, -0.2) is 0 Å². The Hall–Kier alpha value is -0.820. The first-order valence-corrected chi connectivity index (χ1v) is 8.64. The normalized spacial score (nSPS) is 30.6. The van der Waals surface area contributed by atoms with Crippen molar-refractivity contribution in [2.75, 3.05) is 6.54 Å². The average molecular weight is 271 g/mol. The van der Waals surface area contributed by atoms with Crippen molar-refractivity contribution in [3.05, 3.63) is 35.4 Å². The molecule has 0 heterocycles. The summed E-state index contributed by atoms with van der Waals surface area (Å²) in [4.78, 5) is 0. The second kappa shape index (κ2) is 6.76. The summed E-state index contributed by atoms with van der Waals surface area (Å²) in [5, 5.41) is 3.90. The average Bonchev–Trinajstić information content (AvgIpc) is 2.69. The molecule has 1 fully saturated rings. The van der Waals surface area contributed by atoms with Crippen molar-refractivity contribution in [2.24, 2.45) is 11.8 Å². The fraction of sp³-hybridized carbons (Fsp3) is 0.684. The van der Waals surface area contributed by atoms with E-state index in [0.29, 0.717) is 6.04 Å². The monoisotopic (exact) mass is 271 g/mol. The molecular weight excluding hydrogens is 242 g/mol. The van der Waals surface area contributed by atoms with Crippen molar-refractivity contribution in [3.8, 4) is 0 Å². The second-order valence-corrected chi connectivity index (χ2v) is 7.03. The van der Waals surface area contributed by atoms with Crippen molar-refractivity contribution in [1.29, 1.82) is 0 Å². The lowest BCUT2D eigenvalue weighted by Gasteiger charge is -2.28. The van der Waals surface area contributed by atoms with E-state index >= 15 is 0 Å². The number of nitrogens with one attached hydrogen (secondary N) is 1. The first kappa shape index (κ1) is 14.1. The van der Waals surface area contributed by atoms with Gasteiger partial charge in [-0.15, -0.1) is 0 Å². The predicted octanol–water partition coefficient (Wildman–Crippen LogP) is 4.87. The van der Waals surface area contributed by atoms with Gasteiger partial charge in [0, 0.05) is 6.04 Å². The highest BCUT2D eigenvalue weighted by molar-refractivity contribution is 5.31. The maximum atomic E-state index is 3.90. The van der Waals surface area contributed by atoms with Crippen molar-refractivity contribution in [3.63, 3.8) is 0 Å². The zero-order chi connectivity index (χ0) is 13.8. The molecule has 0 aliphatic heterocycles. The third-order valence-electron chi connectivity index (χ3n) is 5.41. The van der Waals surface area contributed by atoms with E-state index in [9.17, 15) is 0 Å². The molecule has 1 aromatic rings. The van der Waals surface area contributed by atoms with Crippen LogP contribution in [0, 0.1) is 11.8 Å². The summed E-state index contributed by atoms with van der Waals surface area (Å²) in [7, 11) is 0. The smallest absolute Gasteiger partial charge is 0.0323 e. The van der Waals surface area contributed by atoms with Gasteiger partial charge in [0.25, 0.3) is 0 Å². The summed E-state index contributed by atoms with van der Waals surface area (Å²) in [6, 6.07) is 9.69. The molecule has 1 atom stereocenters. The summed E-state index contributed by atoms with van der Waals surface area (Å²) in [6.45, 7) is 3.64. The SMILES string of the molecule is CC1CCC(CNC2CCCCc3ccccc32)CC1. The Morgan fingerprint density at radius 1 is 1.00 bits per heavy atom. The van der Waals surface area contributed by atoms with E-state index in [1.165, 1.54) is 57.9 Å². The summed E-state index contributed by atoms with van der Waals surface area (Å²) in [6.07, 6.45) is 11.1. The van der Waals surface area contributed by atoms with Gasteiger partial charge < -0.3 is 5.32 Å². The quantitative estimate of drug-likeness (QED) is 0.773. The molecule has 0 bridgehead atoms. The highest BCUT2D eigenvalue weighted by Gasteiger charge is 2.21. The molecule has 1 heteroatoms. The molecule has 2 aliphatic carbocycles. The topological polar surface area (TPSA) is 12.0 Å². The van der Waals surface area contributed by atoms with Crippen molar-refractivity contribution >= 4 is 0 Å². The molecule has 0 aromatic heterocycles. The van der Waals surface area contributed by atoms with Gasteiger partial charge in [0.2, 0.25) is 0 Å². The molecule has 1 aromatic carbocycles. The van der Waals surface area contributed by atoms with Crippen LogP contribution in [0.15, 0.2) is 24.3 Å². The maximum Gasteiger partial charge on any atom is 0.0323 e. The van der Waals surface area contributed by atoms with Gasteiger partial charge >= 0.3 is 0 Å². The van der Waals surface area contributed by atoms with Gasteiger partial charge in [-0.2, -0.15) is 0 Å². The highest BCUT2D eigenvalue weighted by Crippen LogP contribution is 2.31. The number of aryl methyl sites for hydroxylation is 1. The Balaban J connectivity index is 1.59. The minimum Gasteiger partial charge on any atom is -0.310 e. The van der Waals surface area contributed by atoms with Crippen LogP contribution in [0.3, 0.4) is 0 Å². The third kappa shape index (κ3) is 3.44. The molecule has 1 unspecified atom stereocenters. The zero-order valence-corrected chi connectivity index (χ0v) is 12.9. The van der Waals surface area contributed by atoms with Crippen molar-refractivity contribution in [1.82, 2.24) is 5.32 Å². The fourth-order valence-electron chi connectivity index (χ4n) is 3.98. The van der Waals surface area contributed by atoms with Crippen LogP contribution in [-0.4, -0.2) is 6.54 Å². The van der Waals surface area contributed by atoms with E-state index in [1.54, 1.807) is 11.1 Å². The second-order valence-electron chi connectivity index (χ2n) is 7.03. The van der Waals surface area contributed by atoms with Crippen LogP contribution >= 0.6 is 0 Å².